The normalized spacial score (nSPS) is 13.2. The van der Waals surface area contributed by atoms with Gasteiger partial charge in [0.2, 0.25) is 5.88 Å². The van der Waals surface area contributed by atoms with Gasteiger partial charge in [0.25, 0.3) is 5.91 Å². The van der Waals surface area contributed by atoms with Crippen LogP contribution in [0, 0.1) is 0 Å². The van der Waals surface area contributed by atoms with Crippen LogP contribution >= 0.6 is 0 Å². The quantitative estimate of drug-likeness (QED) is 0.538. The predicted octanol–water partition coefficient (Wildman–Crippen LogP) is 3.57. The van der Waals surface area contributed by atoms with E-state index >= 15 is 0 Å². The fourth-order valence-electron chi connectivity index (χ4n) is 2.79. The first kappa shape index (κ1) is 17.1. The van der Waals surface area contributed by atoms with Crippen LogP contribution in [0.5, 0.6) is 11.6 Å². The molecule has 0 aliphatic heterocycles. The van der Waals surface area contributed by atoms with Gasteiger partial charge in [-0.25, -0.2) is 14.6 Å². The molecule has 0 radical (unpaired) electrons. The highest BCUT2D eigenvalue weighted by atomic mass is 16.5. The topological polar surface area (TPSA) is 108 Å². The van der Waals surface area contributed by atoms with Crippen molar-refractivity contribution in [2.45, 2.75) is 18.8 Å². The van der Waals surface area contributed by atoms with Gasteiger partial charge in [-0.15, -0.1) is 0 Å². The van der Waals surface area contributed by atoms with Crippen LogP contribution in [0.25, 0.3) is 5.82 Å². The van der Waals surface area contributed by atoms with Crippen molar-refractivity contribution in [2.24, 2.45) is 0 Å². The molecule has 3 aromatic heterocycles. The fraction of sp³-hybridized carbons (Fsp3) is 0.150. The summed E-state index contributed by atoms with van der Waals surface area (Å²) in [6.07, 6.45) is 7.04. The second kappa shape index (κ2) is 7.19. The van der Waals surface area contributed by atoms with E-state index in [-0.39, 0.29) is 11.6 Å². The van der Waals surface area contributed by atoms with Crippen molar-refractivity contribution in [2.75, 3.05) is 5.32 Å². The molecule has 29 heavy (non-hydrogen) atoms. The van der Waals surface area contributed by atoms with Crippen LogP contribution < -0.4 is 10.1 Å². The lowest BCUT2D eigenvalue weighted by Crippen LogP contribution is -2.12. The summed E-state index contributed by atoms with van der Waals surface area (Å²) in [5.41, 5.74) is 0.901. The van der Waals surface area contributed by atoms with E-state index in [0.717, 1.165) is 18.6 Å². The Kier molecular flexibility index (Phi) is 4.24. The third-order valence-electron chi connectivity index (χ3n) is 4.44. The van der Waals surface area contributed by atoms with E-state index in [1.54, 1.807) is 53.5 Å². The molecule has 144 valence electrons. The smallest absolute Gasteiger partial charge is 0.277 e. The SMILES string of the molecule is O=C(Nc1ccc(Oc2cc(-n3cccn3)ncn2)cc1)c1cc(C2CC2)on1. The lowest BCUT2D eigenvalue weighted by atomic mass is 10.2. The molecule has 1 saturated carbocycles. The van der Waals surface area contributed by atoms with Gasteiger partial charge in [-0.05, 0) is 43.2 Å². The van der Waals surface area contributed by atoms with Gasteiger partial charge in [-0.1, -0.05) is 5.16 Å². The van der Waals surface area contributed by atoms with Crippen LogP contribution in [0.1, 0.15) is 35.0 Å². The van der Waals surface area contributed by atoms with Crippen LogP contribution in [0.4, 0.5) is 5.69 Å². The zero-order valence-electron chi connectivity index (χ0n) is 15.2. The van der Waals surface area contributed by atoms with E-state index in [1.807, 2.05) is 6.07 Å². The Bertz CT molecular complexity index is 1130. The molecule has 0 saturated heterocycles. The summed E-state index contributed by atoms with van der Waals surface area (Å²) in [4.78, 5) is 20.6. The maximum atomic E-state index is 12.3. The first-order chi connectivity index (χ1) is 14.2. The van der Waals surface area contributed by atoms with Gasteiger partial charge in [0.1, 0.15) is 17.8 Å². The number of anilines is 1. The highest BCUT2D eigenvalue weighted by molar-refractivity contribution is 6.02. The predicted molar refractivity (Wildman–Crippen MR) is 102 cm³/mol. The molecule has 3 heterocycles. The average molecular weight is 388 g/mol. The van der Waals surface area contributed by atoms with Gasteiger partial charge in [0, 0.05) is 36.1 Å². The van der Waals surface area contributed by atoms with Gasteiger partial charge >= 0.3 is 0 Å². The zero-order chi connectivity index (χ0) is 19.6. The number of benzene rings is 1. The number of hydrogen-bond acceptors (Lipinski definition) is 7. The second-order valence-corrected chi connectivity index (χ2v) is 6.63. The van der Waals surface area contributed by atoms with Crippen molar-refractivity contribution in [1.82, 2.24) is 24.9 Å². The highest BCUT2D eigenvalue weighted by Crippen LogP contribution is 2.40. The Morgan fingerprint density at radius 3 is 2.79 bits per heavy atom. The molecule has 1 aliphatic rings. The van der Waals surface area contributed by atoms with Gasteiger partial charge < -0.3 is 14.6 Å². The number of nitrogens with zero attached hydrogens (tertiary/aromatic N) is 5. The van der Waals surface area contributed by atoms with Crippen molar-refractivity contribution in [3.8, 4) is 17.4 Å². The molecule has 0 atom stereocenters. The first-order valence-electron chi connectivity index (χ1n) is 9.12. The Hall–Kier alpha value is -4.01. The van der Waals surface area contributed by atoms with Gasteiger partial charge in [0.05, 0.1) is 0 Å². The minimum atomic E-state index is -0.311. The fourth-order valence-corrected chi connectivity index (χ4v) is 2.79. The van der Waals surface area contributed by atoms with Crippen LogP contribution in [0.15, 0.2) is 65.7 Å². The Balaban J connectivity index is 1.24. The lowest BCUT2D eigenvalue weighted by Gasteiger charge is -2.07. The zero-order valence-corrected chi connectivity index (χ0v) is 15.2. The van der Waals surface area contributed by atoms with Crippen LogP contribution in [-0.2, 0) is 0 Å². The second-order valence-electron chi connectivity index (χ2n) is 6.63. The largest absolute Gasteiger partial charge is 0.439 e. The van der Waals surface area contributed by atoms with E-state index < -0.39 is 0 Å². The van der Waals surface area contributed by atoms with Crippen LogP contribution in [0.2, 0.25) is 0 Å². The van der Waals surface area contributed by atoms with E-state index in [4.69, 9.17) is 9.26 Å². The molecule has 0 spiro atoms. The van der Waals surface area contributed by atoms with Gasteiger partial charge in [-0.2, -0.15) is 5.10 Å². The Labute approximate surface area is 165 Å². The highest BCUT2D eigenvalue weighted by Gasteiger charge is 2.28. The van der Waals surface area contributed by atoms with Crippen molar-refractivity contribution in [3.63, 3.8) is 0 Å². The van der Waals surface area contributed by atoms with Gasteiger partial charge in [0.15, 0.2) is 11.5 Å². The minimum Gasteiger partial charge on any atom is -0.439 e. The van der Waals surface area contributed by atoms with Crippen LogP contribution in [0.3, 0.4) is 0 Å². The average Bonchev–Trinajstić information content (AvgIpc) is 3.24. The van der Waals surface area contributed by atoms with Crippen molar-refractivity contribution in [3.05, 3.63) is 72.6 Å². The first-order valence-corrected chi connectivity index (χ1v) is 9.12. The standard InChI is InChI=1S/C20H16N6O3/c27-20(16-10-17(29-25-16)13-2-3-13)24-14-4-6-15(7-5-14)28-19-11-18(21-12-22-19)26-9-1-8-23-26/h1,4-13H,2-3H2,(H,24,27). The molecule has 0 unspecified atom stereocenters. The Morgan fingerprint density at radius 2 is 2.03 bits per heavy atom. The minimum absolute atomic E-state index is 0.277. The summed E-state index contributed by atoms with van der Waals surface area (Å²) in [5.74, 6) is 2.44. The molecular formula is C20H16N6O3. The third-order valence-corrected chi connectivity index (χ3v) is 4.44. The molecule has 1 aliphatic carbocycles. The van der Waals surface area contributed by atoms with E-state index in [9.17, 15) is 4.79 Å². The lowest BCUT2D eigenvalue weighted by molar-refractivity contribution is 0.101. The molecule has 0 bridgehead atoms. The maximum Gasteiger partial charge on any atom is 0.277 e. The number of hydrogen-bond donors (Lipinski definition) is 1. The summed E-state index contributed by atoms with van der Waals surface area (Å²) >= 11 is 0. The number of rotatable bonds is 6. The van der Waals surface area contributed by atoms with Crippen molar-refractivity contribution >= 4 is 11.6 Å². The number of ether oxygens (including phenoxy) is 1. The van der Waals surface area contributed by atoms with Crippen molar-refractivity contribution < 1.29 is 14.1 Å². The summed E-state index contributed by atoms with van der Waals surface area (Å²) in [7, 11) is 0. The number of nitrogens with one attached hydrogen (secondary N) is 1. The Morgan fingerprint density at radius 1 is 1.17 bits per heavy atom. The monoisotopic (exact) mass is 388 g/mol. The molecule has 1 fully saturated rings. The molecular weight excluding hydrogens is 372 g/mol. The van der Waals surface area contributed by atoms with E-state index in [0.29, 0.717) is 29.1 Å². The number of amides is 1. The number of carbonyl (C=O) groups excluding carboxylic acids is 1. The summed E-state index contributed by atoms with van der Waals surface area (Å²) < 4.78 is 12.6. The summed E-state index contributed by atoms with van der Waals surface area (Å²) in [5, 5.41) is 10.8. The number of aromatic nitrogens is 5. The van der Waals surface area contributed by atoms with Crippen molar-refractivity contribution in [1.29, 1.82) is 0 Å². The van der Waals surface area contributed by atoms with E-state index in [2.05, 4.69) is 25.5 Å². The molecule has 1 amide bonds. The molecule has 1 N–H and O–H groups in total. The summed E-state index contributed by atoms with van der Waals surface area (Å²) in [6, 6.07) is 12.2. The summed E-state index contributed by atoms with van der Waals surface area (Å²) in [6.45, 7) is 0. The maximum absolute atomic E-state index is 12.3. The van der Waals surface area contributed by atoms with E-state index in [1.165, 1.54) is 6.33 Å². The van der Waals surface area contributed by atoms with Gasteiger partial charge in [-0.3, -0.25) is 4.79 Å². The third kappa shape index (κ3) is 3.84. The molecule has 9 nitrogen and oxygen atoms in total. The van der Waals surface area contributed by atoms with Crippen LogP contribution in [-0.4, -0.2) is 30.8 Å². The molecule has 9 heteroatoms. The molecule has 5 rings (SSSR count). The molecule has 1 aromatic carbocycles. The molecule has 4 aromatic rings. The number of carbonyl (C=O) groups is 1.